The summed E-state index contributed by atoms with van der Waals surface area (Å²) in [5.41, 5.74) is 0.568. The number of nitrogens with one attached hydrogen (secondary N) is 1. The van der Waals surface area contributed by atoms with Crippen molar-refractivity contribution in [1.29, 1.82) is 0 Å². The highest BCUT2D eigenvalue weighted by Gasteiger charge is 2.44. The molecule has 2 fully saturated rings. The van der Waals surface area contributed by atoms with Crippen molar-refractivity contribution in [2.75, 3.05) is 20.3 Å². The molecule has 2 nitrogen and oxygen atoms in total. The number of rotatable bonds is 3. The van der Waals surface area contributed by atoms with E-state index in [1.54, 1.807) is 0 Å². The Morgan fingerprint density at radius 1 is 1.21 bits per heavy atom. The summed E-state index contributed by atoms with van der Waals surface area (Å²) < 4.78 is 5.42. The normalized spacial score (nSPS) is 36.4. The number of ether oxygens (including phenoxy) is 1. The van der Waals surface area contributed by atoms with Crippen molar-refractivity contribution in [3.8, 4) is 0 Å². The molecule has 1 aliphatic carbocycles. The van der Waals surface area contributed by atoms with Gasteiger partial charge in [-0.05, 0) is 45.1 Å². The highest BCUT2D eigenvalue weighted by Crippen LogP contribution is 2.45. The van der Waals surface area contributed by atoms with E-state index < -0.39 is 0 Å². The van der Waals surface area contributed by atoms with Crippen LogP contribution in [0.5, 0.6) is 0 Å². The van der Waals surface area contributed by atoms with E-state index in [0.717, 1.165) is 25.2 Å². The lowest BCUT2D eigenvalue weighted by molar-refractivity contribution is -0.155. The lowest BCUT2D eigenvalue weighted by atomic mass is 9.65. The van der Waals surface area contributed by atoms with E-state index in [9.17, 15) is 0 Å². The van der Waals surface area contributed by atoms with E-state index in [2.05, 4.69) is 19.3 Å². The molecular formula is C12H23NO. The molecule has 2 aliphatic rings. The summed E-state index contributed by atoms with van der Waals surface area (Å²) >= 11 is 0. The summed E-state index contributed by atoms with van der Waals surface area (Å²) in [5.74, 6) is 0.936. The average Bonchev–Trinajstić information content (AvgIpc) is 2.18. The smallest absolute Gasteiger partial charge is 0.0547 e. The molecule has 1 N–H and O–H groups in total. The van der Waals surface area contributed by atoms with Crippen molar-refractivity contribution in [3.63, 3.8) is 0 Å². The van der Waals surface area contributed by atoms with Crippen LogP contribution in [0.25, 0.3) is 0 Å². The van der Waals surface area contributed by atoms with Crippen LogP contribution in [0.3, 0.4) is 0 Å². The van der Waals surface area contributed by atoms with Crippen molar-refractivity contribution in [2.24, 2.45) is 11.3 Å². The minimum Gasteiger partial charge on any atom is -0.380 e. The van der Waals surface area contributed by atoms with Gasteiger partial charge in [0, 0.05) is 11.5 Å². The Morgan fingerprint density at radius 2 is 1.86 bits per heavy atom. The van der Waals surface area contributed by atoms with Crippen LogP contribution in [0.1, 0.15) is 39.0 Å². The molecule has 0 bridgehead atoms. The molecule has 1 saturated heterocycles. The maximum absolute atomic E-state index is 5.42. The molecule has 0 spiro atoms. The summed E-state index contributed by atoms with van der Waals surface area (Å²) in [6.07, 6.45) is 6.85. The van der Waals surface area contributed by atoms with Gasteiger partial charge in [-0.25, -0.2) is 0 Å². The van der Waals surface area contributed by atoms with Gasteiger partial charge in [0.1, 0.15) is 0 Å². The van der Waals surface area contributed by atoms with Gasteiger partial charge >= 0.3 is 0 Å². The molecule has 2 heteroatoms. The SMILES string of the molecule is CCC1(C2CCC(NC)CC2)COC1. The molecule has 0 aromatic heterocycles. The predicted molar refractivity (Wildman–Crippen MR) is 58.3 cm³/mol. The molecular weight excluding hydrogens is 174 g/mol. The second kappa shape index (κ2) is 4.19. The predicted octanol–water partition coefficient (Wildman–Crippen LogP) is 2.19. The summed E-state index contributed by atoms with van der Waals surface area (Å²) in [6, 6.07) is 0.779. The van der Waals surface area contributed by atoms with Gasteiger partial charge in [-0.15, -0.1) is 0 Å². The molecule has 0 radical (unpaired) electrons. The second-order valence-electron chi connectivity index (χ2n) is 5.05. The zero-order valence-electron chi connectivity index (χ0n) is 9.51. The Kier molecular flexibility index (Phi) is 3.13. The van der Waals surface area contributed by atoms with Gasteiger partial charge in [0.05, 0.1) is 13.2 Å². The minimum absolute atomic E-state index is 0.568. The molecule has 1 aliphatic heterocycles. The average molecular weight is 197 g/mol. The first-order valence-electron chi connectivity index (χ1n) is 6.06. The molecule has 1 heterocycles. The zero-order chi connectivity index (χ0) is 10.0. The monoisotopic (exact) mass is 197 g/mol. The van der Waals surface area contributed by atoms with Crippen molar-refractivity contribution in [1.82, 2.24) is 5.32 Å². The standard InChI is InChI=1S/C12H23NO/c1-3-12(8-14-9-12)10-4-6-11(13-2)7-5-10/h10-11,13H,3-9H2,1-2H3. The van der Waals surface area contributed by atoms with E-state index in [0.29, 0.717) is 5.41 Å². The summed E-state index contributed by atoms with van der Waals surface area (Å²) in [5, 5.41) is 3.40. The number of hydrogen-bond donors (Lipinski definition) is 1. The Morgan fingerprint density at radius 3 is 2.21 bits per heavy atom. The Bertz CT molecular complexity index is 175. The van der Waals surface area contributed by atoms with E-state index in [-0.39, 0.29) is 0 Å². The quantitative estimate of drug-likeness (QED) is 0.749. The second-order valence-corrected chi connectivity index (χ2v) is 5.05. The van der Waals surface area contributed by atoms with Crippen LogP contribution >= 0.6 is 0 Å². The molecule has 14 heavy (non-hydrogen) atoms. The van der Waals surface area contributed by atoms with Gasteiger partial charge in [-0.3, -0.25) is 0 Å². The minimum atomic E-state index is 0.568. The highest BCUT2D eigenvalue weighted by atomic mass is 16.5. The molecule has 82 valence electrons. The molecule has 0 aromatic carbocycles. The molecule has 1 saturated carbocycles. The van der Waals surface area contributed by atoms with Gasteiger partial charge in [0.25, 0.3) is 0 Å². The van der Waals surface area contributed by atoms with E-state index in [1.807, 2.05) is 0 Å². The van der Waals surface area contributed by atoms with Gasteiger partial charge < -0.3 is 10.1 Å². The maximum atomic E-state index is 5.42. The maximum Gasteiger partial charge on any atom is 0.0547 e. The first-order valence-corrected chi connectivity index (χ1v) is 6.06. The van der Waals surface area contributed by atoms with Gasteiger partial charge in [-0.2, -0.15) is 0 Å². The Hall–Kier alpha value is -0.0800. The molecule has 0 unspecified atom stereocenters. The third-order valence-electron chi connectivity index (χ3n) is 4.48. The number of hydrogen-bond acceptors (Lipinski definition) is 2. The Balaban J connectivity index is 1.88. The largest absolute Gasteiger partial charge is 0.380 e. The molecule has 0 atom stereocenters. The first-order chi connectivity index (χ1) is 6.80. The fourth-order valence-corrected chi connectivity index (χ4v) is 3.09. The van der Waals surface area contributed by atoms with Crippen LogP contribution in [-0.2, 0) is 4.74 Å². The topological polar surface area (TPSA) is 21.3 Å². The van der Waals surface area contributed by atoms with Gasteiger partial charge in [-0.1, -0.05) is 6.92 Å². The third kappa shape index (κ3) is 1.70. The van der Waals surface area contributed by atoms with E-state index in [4.69, 9.17) is 4.74 Å². The van der Waals surface area contributed by atoms with Gasteiger partial charge in [0.15, 0.2) is 0 Å². The van der Waals surface area contributed by atoms with Crippen molar-refractivity contribution >= 4 is 0 Å². The lowest BCUT2D eigenvalue weighted by Gasteiger charge is -2.49. The molecule has 0 amide bonds. The summed E-state index contributed by atoms with van der Waals surface area (Å²) in [4.78, 5) is 0. The van der Waals surface area contributed by atoms with Crippen LogP contribution in [0.4, 0.5) is 0 Å². The van der Waals surface area contributed by atoms with E-state index >= 15 is 0 Å². The molecule has 2 rings (SSSR count). The lowest BCUT2D eigenvalue weighted by Crippen LogP contribution is -2.49. The van der Waals surface area contributed by atoms with Crippen LogP contribution in [0.2, 0.25) is 0 Å². The van der Waals surface area contributed by atoms with Crippen molar-refractivity contribution < 1.29 is 4.74 Å². The highest BCUT2D eigenvalue weighted by molar-refractivity contribution is 4.93. The van der Waals surface area contributed by atoms with E-state index in [1.165, 1.54) is 32.1 Å². The Labute approximate surface area is 87.4 Å². The van der Waals surface area contributed by atoms with Crippen molar-refractivity contribution in [2.45, 2.75) is 45.1 Å². The summed E-state index contributed by atoms with van der Waals surface area (Å²) in [6.45, 7) is 4.38. The van der Waals surface area contributed by atoms with Crippen LogP contribution in [0.15, 0.2) is 0 Å². The summed E-state index contributed by atoms with van der Waals surface area (Å²) in [7, 11) is 2.09. The van der Waals surface area contributed by atoms with Crippen LogP contribution in [-0.4, -0.2) is 26.3 Å². The fourth-order valence-electron chi connectivity index (χ4n) is 3.09. The third-order valence-corrected chi connectivity index (χ3v) is 4.48. The van der Waals surface area contributed by atoms with Gasteiger partial charge in [0.2, 0.25) is 0 Å². The van der Waals surface area contributed by atoms with Crippen LogP contribution in [0, 0.1) is 11.3 Å². The van der Waals surface area contributed by atoms with Crippen LogP contribution < -0.4 is 5.32 Å². The fraction of sp³-hybridized carbons (Fsp3) is 1.00. The first kappa shape index (κ1) is 10.4. The zero-order valence-corrected chi connectivity index (χ0v) is 9.51. The molecule has 0 aromatic rings. The van der Waals surface area contributed by atoms with Crippen molar-refractivity contribution in [3.05, 3.63) is 0 Å².